The zero-order valence-electron chi connectivity index (χ0n) is 13.3. The highest BCUT2D eigenvalue weighted by Crippen LogP contribution is 2.26. The number of hydrogen-bond acceptors (Lipinski definition) is 4. The monoisotopic (exact) mass is 385 g/mol. The molecule has 5 nitrogen and oxygen atoms in total. The van der Waals surface area contributed by atoms with Gasteiger partial charge in [0.25, 0.3) is 5.91 Å². The fourth-order valence-electron chi connectivity index (χ4n) is 1.99. The Labute approximate surface area is 149 Å². The molecular formula is C18H16BrN3O2. The summed E-state index contributed by atoms with van der Waals surface area (Å²) < 4.78 is 6.05. The van der Waals surface area contributed by atoms with Crippen molar-refractivity contribution in [3.63, 3.8) is 0 Å². The number of anilines is 2. The summed E-state index contributed by atoms with van der Waals surface area (Å²) in [6.45, 7) is 1.91. The minimum atomic E-state index is -0.513. The summed E-state index contributed by atoms with van der Waals surface area (Å²) in [5.41, 5.74) is 2.20. The van der Waals surface area contributed by atoms with E-state index in [4.69, 9.17) is 4.74 Å². The van der Waals surface area contributed by atoms with E-state index in [1.54, 1.807) is 12.1 Å². The highest BCUT2D eigenvalue weighted by molar-refractivity contribution is 9.10. The molecule has 1 amide bonds. The lowest BCUT2D eigenvalue weighted by atomic mass is 10.2. The van der Waals surface area contributed by atoms with Crippen LogP contribution in [-0.2, 0) is 4.79 Å². The number of nitrogens with zero attached hydrogens (tertiary/aromatic N) is 1. The third kappa shape index (κ3) is 4.37. The van der Waals surface area contributed by atoms with Gasteiger partial charge >= 0.3 is 0 Å². The zero-order valence-corrected chi connectivity index (χ0v) is 14.8. The first kappa shape index (κ1) is 17.6. The molecule has 0 saturated heterocycles. The SMILES string of the molecule is COc1ccc(C)cc1NC(=O)/C(C#N)=C\Nc1ccccc1Br. The number of rotatable bonds is 5. The van der Waals surface area contributed by atoms with E-state index in [9.17, 15) is 10.1 Å². The van der Waals surface area contributed by atoms with Gasteiger partial charge in [-0.2, -0.15) is 5.26 Å². The second-order valence-electron chi connectivity index (χ2n) is 4.95. The maximum atomic E-state index is 12.3. The molecule has 0 heterocycles. The summed E-state index contributed by atoms with van der Waals surface area (Å²) in [6, 6.07) is 14.7. The molecule has 2 aromatic rings. The van der Waals surface area contributed by atoms with Gasteiger partial charge in [-0.05, 0) is 52.7 Å². The van der Waals surface area contributed by atoms with E-state index in [1.807, 2.05) is 43.3 Å². The molecule has 2 aromatic carbocycles. The second kappa shape index (κ2) is 8.18. The molecule has 2 rings (SSSR count). The smallest absolute Gasteiger partial charge is 0.267 e. The molecule has 0 saturated carbocycles. The number of amides is 1. The number of nitriles is 1. The van der Waals surface area contributed by atoms with Crippen LogP contribution in [0.25, 0.3) is 0 Å². The zero-order chi connectivity index (χ0) is 17.5. The lowest BCUT2D eigenvalue weighted by Crippen LogP contribution is -2.15. The number of aryl methyl sites for hydroxylation is 1. The van der Waals surface area contributed by atoms with Crippen LogP contribution in [0.3, 0.4) is 0 Å². The van der Waals surface area contributed by atoms with Crippen molar-refractivity contribution in [1.29, 1.82) is 5.26 Å². The predicted octanol–water partition coefficient (Wildman–Crippen LogP) is 4.22. The van der Waals surface area contributed by atoms with Gasteiger partial charge in [0, 0.05) is 10.7 Å². The molecule has 2 N–H and O–H groups in total. The normalized spacial score (nSPS) is 10.7. The molecule has 0 fully saturated rings. The molecule has 0 bridgehead atoms. The van der Waals surface area contributed by atoms with Gasteiger partial charge in [0.2, 0.25) is 0 Å². The minimum absolute atomic E-state index is 0.0469. The fraction of sp³-hybridized carbons (Fsp3) is 0.111. The van der Waals surface area contributed by atoms with Crippen molar-refractivity contribution in [3.05, 3.63) is 64.3 Å². The van der Waals surface area contributed by atoms with Gasteiger partial charge in [0.15, 0.2) is 0 Å². The average molecular weight is 386 g/mol. The number of ether oxygens (including phenoxy) is 1. The average Bonchev–Trinajstić information content (AvgIpc) is 2.57. The van der Waals surface area contributed by atoms with Crippen molar-refractivity contribution in [2.24, 2.45) is 0 Å². The Morgan fingerprint density at radius 2 is 2.00 bits per heavy atom. The summed E-state index contributed by atoms with van der Waals surface area (Å²) in [7, 11) is 1.52. The number of carbonyl (C=O) groups excluding carboxylic acids is 1. The first-order valence-electron chi connectivity index (χ1n) is 7.12. The Morgan fingerprint density at radius 1 is 1.25 bits per heavy atom. The number of para-hydroxylation sites is 1. The van der Waals surface area contributed by atoms with Crippen molar-refractivity contribution in [1.82, 2.24) is 0 Å². The van der Waals surface area contributed by atoms with Crippen molar-refractivity contribution in [2.75, 3.05) is 17.7 Å². The molecule has 0 aromatic heterocycles. The summed E-state index contributed by atoms with van der Waals surface area (Å²) >= 11 is 3.39. The van der Waals surface area contributed by atoms with Crippen LogP contribution in [0.5, 0.6) is 5.75 Å². The lowest BCUT2D eigenvalue weighted by Gasteiger charge is -2.11. The van der Waals surface area contributed by atoms with E-state index in [0.717, 1.165) is 15.7 Å². The third-order valence-corrected chi connectivity index (χ3v) is 3.91. The number of hydrogen-bond donors (Lipinski definition) is 2. The number of carbonyl (C=O) groups is 1. The summed E-state index contributed by atoms with van der Waals surface area (Å²) in [4.78, 5) is 12.3. The molecule has 24 heavy (non-hydrogen) atoms. The Bertz CT molecular complexity index is 825. The lowest BCUT2D eigenvalue weighted by molar-refractivity contribution is -0.112. The summed E-state index contributed by atoms with van der Waals surface area (Å²) in [6.07, 6.45) is 1.37. The topological polar surface area (TPSA) is 74.1 Å². The van der Waals surface area contributed by atoms with Gasteiger partial charge < -0.3 is 15.4 Å². The van der Waals surface area contributed by atoms with E-state index in [-0.39, 0.29) is 5.57 Å². The van der Waals surface area contributed by atoms with Crippen molar-refractivity contribution >= 4 is 33.2 Å². The molecule has 0 aliphatic heterocycles. The standard InChI is InChI=1S/C18H16BrN3O2/c1-12-7-8-17(24-2)16(9-12)22-18(23)13(10-20)11-21-15-6-4-3-5-14(15)19/h3-9,11,21H,1-2H3,(H,22,23)/b13-11-. The molecule has 0 unspecified atom stereocenters. The van der Waals surface area contributed by atoms with E-state index in [2.05, 4.69) is 26.6 Å². The molecule has 0 aliphatic carbocycles. The van der Waals surface area contributed by atoms with E-state index in [1.165, 1.54) is 13.3 Å². The highest BCUT2D eigenvalue weighted by atomic mass is 79.9. The molecule has 0 aliphatic rings. The molecule has 122 valence electrons. The van der Waals surface area contributed by atoms with Gasteiger partial charge in [-0.1, -0.05) is 18.2 Å². The third-order valence-electron chi connectivity index (χ3n) is 3.21. The van der Waals surface area contributed by atoms with Crippen LogP contribution in [0, 0.1) is 18.3 Å². The van der Waals surface area contributed by atoms with E-state index in [0.29, 0.717) is 11.4 Å². The molecular weight excluding hydrogens is 370 g/mol. The number of benzene rings is 2. The van der Waals surface area contributed by atoms with Gasteiger partial charge in [0.1, 0.15) is 17.4 Å². The van der Waals surface area contributed by atoms with Crippen LogP contribution in [0.1, 0.15) is 5.56 Å². The quantitative estimate of drug-likeness (QED) is 0.596. The molecule has 0 atom stereocenters. The Balaban J connectivity index is 2.18. The highest BCUT2D eigenvalue weighted by Gasteiger charge is 2.12. The van der Waals surface area contributed by atoms with Crippen molar-refractivity contribution < 1.29 is 9.53 Å². The van der Waals surface area contributed by atoms with Gasteiger partial charge in [-0.25, -0.2) is 0 Å². The van der Waals surface area contributed by atoms with Gasteiger partial charge in [-0.15, -0.1) is 0 Å². The van der Waals surface area contributed by atoms with E-state index >= 15 is 0 Å². The molecule has 6 heteroatoms. The maximum Gasteiger partial charge on any atom is 0.267 e. The van der Waals surface area contributed by atoms with Gasteiger partial charge in [0.05, 0.1) is 18.5 Å². The predicted molar refractivity (Wildman–Crippen MR) is 97.8 cm³/mol. The largest absolute Gasteiger partial charge is 0.495 e. The first-order valence-corrected chi connectivity index (χ1v) is 7.91. The Kier molecular flexibility index (Phi) is 5.99. The van der Waals surface area contributed by atoms with E-state index < -0.39 is 5.91 Å². The van der Waals surface area contributed by atoms with Crippen LogP contribution >= 0.6 is 15.9 Å². The molecule has 0 radical (unpaired) electrons. The fourth-order valence-corrected chi connectivity index (χ4v) is 2.39. The maximum absolute atomic E-state index is 12.3. The minimum Gasteiger partial charge on any atom is -0.495 e. The summed E-state index contributed by atoms with van der Waals surface area (Å²) in [5, 5.41) is 14.9. The second-order valence-corrected chi connectivity index (χ2v) is 5.81. The number of nitrogens with one attached hydrogen (secondary N) is 2. The first-order chi connectivity index (χ1) is 11.5. The Hall–Kier alpha value is -2.78. The Morgan fingerprint density at radius 3 is 2.67 bits per heavy atom. The van der Waals surface area contributed by atoms with Crippen LogP contribution in [-0.4, -0.2) is 13.0 Å². The van der Waals surface area contributed by atoms with Crippen LogP contribution in [0.15, 0.2) is 58.7 Å². The summed E-state index contributed by atoms with van der Waals surface area (Å²) in [5.74, 6) is 0.0194. The van der Waals surface area contributed by atoms with Crippen LogP contribution in [0.4, 0.5) is 11.4 Å². The number of methoxy groups -OCH3 is 1. The van der Waals surface area contributed by atoms with Crippen LogP contribution in [0.2, 0.25) is 0 Å². The number of halogens is 1. The van der Waals surface area contributed by atoms with Gasteiger partial charge in [-0.3, -0.25) is 4.79 Å². The molecule has 0 spiro atoms. The van der Waals surface area contributed by atoms with Crippen molar-refractivity contribution in [2.45, 2.75) is 6.92 Å². The van der Waals surface area contributed by atoms with Crippen LogP contribution < -0.4 is 15.4 Å². The van der Waals surface area contributed by atoms with Crippen molar-refractivity contribution in [3.8, 4) is 11.8 Å².